The molecule has 2 aromatic rings. The lowest BCUT2D eigenvalue weighted by Gasteiger charge is -2.35. The predicted molar refractivity (Wildman–Crippen MR) is 96.8 cm³/mol. The minimum Gasteiger partial charge on any atom is -0.353 e. The van der Waals surface area contributed by atoms with Gasteiger partial charge in [0.25, 0.3) is 5.56 Å². The van der Waals surface area contributed by atoms with Gasteiger partial charge in [-0.3, -0.25) is 4.79 Å². The minimum absolute atomic E-state index is 0.139. The Hall–Kier alpha value is -2.83. The number of aromatic amines is 1. The minimum atomic E-state index is -0.141. The third kappa shape index (κ3) is 3.99. The number of amides is 2. The number of nitrogens with zero attached hydrogens (tertiary/aromatic N) is 3. The maximum absolute atomic E-state index is 12.4. The van der Waals surface area contributed by atoms with Gasteiger partial charge in [0.15, 0.2) is 0 Å². The lowest BCUT2D eigenvalue weighted by atomic mass is 10.1. The number of pyridine rings is 2. The number of rotatable bonds is 3. The molecule has 2 aromatic heterocycles. The summed E-state index contributed by atoms with van der Waals surface area (Å²) in [6, 6.07) is 7.60. The van der Waals surface area contributed by atoms with Crippen LogP contribution in [-0.4, -0.2) is 47.1 Å². The largest absolute Gasteiger partial charge is 0.353 e. The Morgan fingerprint density at radius 2 is 2.00 bits per heavy atom. The van der Waals surface area contributed by atoms with E-state index in [4.69, 9.17) is 0 Å². The molecule has 7 heteroatoms. The summed E-state index contributed by atoms with van der Waals surface area (Å²) in [6.07, 6.45) is 1.77. The number of nitrogens with one attached hydrogen (secondary N) is 2. The summed E-state index contributed by atoms with van der Waals surface area (Å²) in [7, 11) is 0. The highest BCUT2D eigenvalue weighted by Gasteiger charge is 2.21. The zero-order valence-corrected chi connectivity index (χ0v) is 14.6. The van der Waals surface area contributed by atoms with Crippen LogP contribution in [0, 0.1) is 13.8 Å². The summed E-state index contributed by atoms with van der Waals surface area (Å²) in [6.45, 7) is 6.72. The van der Waals surface area contributed by atoms with Crippen LogP contribution in [0.4, 0.5) is 10.6 Å². The Kier molecular flexibility index (Phi) is 5.02. The molecule has 0 unspecified atom stereocenters. The van der Waals surface area contributed by atoms with Crippen molar-refractivity contribution < 1.29 is 4.79 Å². The number of hydrogen-bond acceptors (Lipinski definition) is 4. The first-order chi connectivity index (χ1) is 12.0. The molecule has 0 radical (unpaired) electrons. The van der Waals surface area contributed by atoms with Gasteiger partial charge in [-0.1, -0.05) is 6.07 Å². The van der Waals surface area contributed by atoms with Crippen LogP contribution in [0.3, 0.4) is 0 Å². The van der Waals surface area contributed by atoms with Gasteiger partial charge in [-0.05, 0) is 37.6 Å². The molecule has 1 saturated heterocycles. The number of aromatic nitrogens is 2. The standard InChI is InChI=1S/C18H23N5O2/c1-13-11-14(2)21-17(24)15(13)12-20-18(25)23-9-7-22(8-10-23)16-5-3-4-6-19-16/h3-6,11H,7-10,12H2,1-2H3,(H,20,25)(H,21,24). The van der Waals surface area contributed by atoms with Crippen molar-refractivity contribution in [3.8, 4) is 0 Å². The molecule has 25 heavy (non-hydrogen) atoms. The Balaban J connectivity index is 1.54. The molecule has 0 saturated carbocycles. The van der Waals surface area contributed by atoms with E-state index in [0.717, 1.165) is 30.2 Å². The molecular formula is C18H23N5O2. The first-order valence-corrected chi connectivity index (χ1v) is 8.43. The normalized spacial score (nSPS) is 14.5. The van der Waals surface area contributed by atoms with E-state index in [1.54, 1.807) is 11.1 Å². The van der Waals surface area contributed by atoms with Gasteiger partial charge in [0.05, 0.1) is 6.54 Å². The summed E-state index contributed by atoms with van der Waals surface area (Å²) in [5, 5.41) is 2.86. The molecule has 2 amide bonds. The fourth-order valence-electron chi connectivity index (χ4n) is 3.06. The molecule has 0 spiro atoms. The molecule has 1 aliphatic rings. The Morgan fingerprint density at radius 1 is 1.24 bits per heavy atom. The van der Waals surface area contributed by atoms with Crippen molar-refractivity contribution in [3.05, 3.63) is 57.6 Å². The monoisotopic (exact) mass is 341 g/mol. The van der Waals surface area contributed by atoms with Crippen LogP contribution in [0.5, 0.6) is 0 Å². The van der Waals surface area contributed by atoms with Crippen molar-refractivity contribution in [3.63, 3.8) is 0 Å². The van der Waals surface area contributed by atoms with E-state index in [1.165, 1.54) is 0 Å². The average Bonchev–Trinajstić information content (AvgIpc) is 2.61. The Morgan fingerprint density at radius 3 is 2.64 bits per heavy atom. The molecule has 3 rings (SSSR count). The Bertz CT molecular complexity index is 795. The first-order valence-electron chi connectivity index (χ1n) is 8.43. The van der Waals surface area contributed by atoms with Crippen LogP contribution in [-0.2, 0) is 6.54 Å². The summed E-state index contributed by atoms with van der Waals surface area (Å²) >= 11 is 0. The van der Waals surface area contributed by atoms with Crippen LogP contribution in [0.25, 0.3) is 0 Å². The van der Waals surface area contributed by atoms with Crippen molar-refractivity contribution in [2.24, 2.45) is 0 Å². The SMILES string of the molecule is Cc1cc(C)c(CNC(=O)N2CCN(c3ccccn3)CC2)c(=O)[nH]1. The third-order valence-corrected chi connectivity index (χ3v) is 4.45. The summed E-state index contributed by atoms with van der Waals surface area (Å²) in [4.78, 5) is 35.4. The summed E-state index contributed by atoms with van der Waals surface area (Å²) in [5.74, 6) is 0.935. The van der Waals surface area contributed by atoms with E-state index >= 15 is 0 Å². The number of piperazine rings is 1. The number of urea groups is 1. The van der Waals surface area contributed by atoms with Crippen LogP contribution in [0.15, 0.2) is 35.3 Å². The van der Waals surface area contributed by atoms with Gasteiger partial charge in [0.2, 0.25) is 0 Å². The Labute approximate surface area is 146 Å². The van der Waals surface area contributed by atoms with Gasteiger partial charge < -0.3 is 20.1 Å². The van der Waals surface area contributed by atoms with Gasteiger partial charge >= 0.3 is 6.03 Å². The van der Waals surface area contributed by atoms with Gasteiger partial charge in [0, 0.05) is 43.6 Å². The van der Waals surface area contributed by atoms with E-state index in [0.29, 0.717) is 18.7 Å². The number of hydrogen-bond donors (Lipinski definition) is 2. The predicted octanol–water partition coefficient (Wildman–Crippen LogP) is 1.42. The molecule has 1 aliphatic heterocycles. The second kappa shape index (κ2) is 7.38. The lowest BCUT2D eigenvalue weighted by molar-refractivity contribution is 0.193. The number of carbonyl (C=O) groups is 1. The van der Waals surface area contributed by atoms with Crippen molar-refractivity contribution in [1.29, 1.82) is 0 Å². The fraction of sp³-hybridized carbons (Fsp3) is 0.389. The second-order valence-electron chi connectivity index (χ2n) is 6.26. The number of anilines is 1. The lowest BCUT2D eigenvalue weighted by Crippen LogP contribution is -2.52. The van der Waals surface area contributed by atoms with Crippen molar-refractivity contribution in [1.82, 2.24) is 20.2 Å². The molecule has 132 valence electrons. The van der Waals surface area contributed by atoms with Crippen molar-refractivity contribution in [2.75, 3.05) is 31.1 Å². The van der Waals surface area contributed by atoms with Crippen LogP contribution in [0.1, 0.15) is 16.8 Å². The highest BCUT2D eigenvalue weighted by Crippen LogP contribution is 2.12. The maximum atomic E-state index is 12.4. The number of aryl methyl sites for hydroxylation is 2. The highest BCUT2D eigenvalue weighted by molar-refractivity contribution is 5.74. The van der Waals surface area contributed by atoms with E-state index in [9.17, 15) is 9.59 Å². The second-order valence-corrected chi connectivity index (χ2v) is 6.26. The van der Waals surface area contributed by atoms with E-state index in [1.807, 2.05) is 38.1 Å². The molecule has 0 bridgehead atoms. The van der Waals surface area contributed by atoms with Gasteiger partial charge in [-0.25, -0.2) is 9.78 Å². The summed E-state index contributed by atoms with van der Waals surface area (Å²) < 4.78 is 0. The zero-order chi connectivity index (χ0) is 17.8. The van der Waals surface area contributed by atoms with Gasteiger partial charge in [0.1, 0.15) is 5.82 Å². The highest BCUT2D eigenvalue weighted by atomic mass is 16.2. The maximum Gasteiger partial charge on any atom is 0.317 e. The third-order valence-electron chi connectivity index (χ3n) is 4.45. The molecule has 1 fully saturated rings. The topological polar surface area (TPSA) is 81.3 Å². The fourth-order valence-corrected chi connectivity index (χ4v) is 3.06. The van der Waals surface area contributed by atoms with E-state index < -0.39 is 0 Å². The van der Waals surface area contributed by atoms with Crippen molar-refractivity contribution in [2.45, 2.75) is 20.4 Å². The van der Waals surface area contributed by atoms with Gasteiger partial charge in [-0.2, -0.15) is 0 Å². The quantitative estimate of drug-likeness (QED) is 0.885. The summed E-state index contributed by atoms with van der Waals surface area (Å²) in [5.41, 5.74) is 2.17. The van der Waals surface area contributed by atoms with Crippen LogP contribution < -0.4 is 15.8 Å². The molecule has 0 atom stereocenters. The molecular weight excluding hydrogens is 318 g/mol. The molecule has 2 N–H and O–H groups in total. The molecule has 0 aliphatic carbocycles. The number of carbonyl (C=O) groups excluding carboxylic acids is 1. The zero-order valence-electron chi connectivity index (χ0n) is 14.6. The first kappa shape index (κ1) is 17.0. The molecule has 7 nitrogen and oxygen atoms in total. The van der Waals surface area contributed by atoms with Crippen LogP contribution >= 0.6 is 0 Å². The molecule has 0 aromatic carbocycles. The van der Waals surface area contributed by atoms with Gasteiger partial charge in [-0.15, -0.1) is 0 Å². The number of H-pyrrole nitrogens is 1. The van der Waals surface area contributed by atoms with E-state index in [-0.39, 0.29) is 18.1 Å². The van der Waals surface area contributed by atoms with Crippen LogP contribution in [0.2, 0.25) is 0 Å². The molecule has 3 heterocycles. The smallest absolute Gasteiger partial charge is 0.317 e. The van der Waals surface area contributed by atoms with Crippen molar-refractivity contribution >= 4 is 11.8 Å². The average molecular weight is 341 g/mol. The van der Waals surface area contributed by atoms with E-state index in [2.05, 4.69) is 20.2 Å².